The predicted molar refractivity (Wildman–Crippen MR) is 58.1 cm³/mol. The Balaban J connectivity index is 2.86. The lowest BCUT2D eigenvalue weighted by Crippen LogP contribution is -2.13. The number of hydrogen-bond donors (Lipinski definition) is 1. The summed E-state index contributed by atoms with van der Waals surface area (Å²) in [6.45, 7) is 1.46. The SMILES string of the molecule is Cc1cc(F)c(NC(=O)CCBr)cc1F. The minimum Gasteiger partial charge on any atom is -0.323 e. The van der Waals surface area contributed by atoms with Crippen molar-refractivity contribution in [3.63, 3.8) is 0 Å². The Labute approximate surface area is 94.8 Å². The zero-order valence-electron chi connectivity index (χ0n) is 8.11. The highest BCUT2D eigenvalue weighted by Crippen LogP contribution is 2.18. The standard InChI is InChI=1S/C10H10BrF2NO/c1-6-4-8(13)9(5-7(6)12)14-10(15)2-3-11/h4-5H,2-3H2,1H3,(H,14,15). The number of carbonyl (C=O) groups excluding carboxylic acids is 1. The maximum Gasteiger partial charge on any atom is 0.225 e. The zero-order valence-corrected chi connectivity index (χ0v) is 9.70. The minimum absolute atomic E-state index is 0.121. The van der Waals surface area contributed by atoms with Crippen LogP contribution in [0.1, 0.15) is 12.0 Å². The van der Waals surface area contributed by atoms with E-state index in [1.165, 1.54) is 6.92 Å². The second-order valence-corrected chi connectivity index (χ2v) is 3.86. The van der Waals surface area contributed by atoms with Crippen LogP contribution in [-0.4, -0.2) is 11.2 Å². The lowest BCUT2D eigenvalue weighted by molar-refractivity contribution is -0.115. The minimum atomic E-state index is -0.628. The van der Waals surface area contributed by atoms with E-state index in [-0.39, 0.29) is 23.6 Å². The van der Waals surface area contributed by atoms with Crippen LogP contribution in [0.3, 0.4) is 0 Å². The largest absolute Gasteiger partial charge is 0.323 e. The Kier molecular flexibility index (Phi) is 4.20. The van der Waals surface area contributed by atoms with Crippen molar-refractivity contribution >= 4 is 27.5 Å². The van der Waals surface area contributed by atoms with Gasteiger partial charge in [-0.2, -0.15) is 0 Å². The highest BCUT2D eigenvalue weighted by Gasteiger charge is 2.09. The average molecular weight is 278 g/mol. The molecule has 1 rings (SSSR count). The maximum absolute atomic E-state index is 13.2. The molecule has 0 heterocycles. The number of anilines is 1. The highest BCUT2D eigenvalue weighted by atomic mass is 79.9. The van der Waals surface area contributed by atoms with Crippen LogP contribution in [0.5, 0.6) is 0 Å². The first-order chi connectivity index (χ1) is 7.04. The number of benzene rings is 1. The number of alkyl halides is 1. The van der Waals surface area contributed by atoms with Gasteiger partial charge in [-0.3, -0.25) is 4.79 Å². The molecule has 1 amide bonds. The topological polar surface area (TPSA) is 29.1 Å². The van der Waals surface area contributed by atoms with Crippen molar-refractivity contribution in [3.8, 4) is 0 Å². The first kappa shape index (κ1) is 12.1. The van der Waals surface area contributed by atoms with Crippen molar-refractivity contribution < 1.29 is 13.6 Å². The van der Waals surface area contributed by atoms with Crippen molar-refractivity contribution in [2.24, 2.45) is 0 Å². The summed E-state index contributed by atoms with van der Waals surface area (Å²) in [6, 6.07) is 2.04. The van der Waals surface area contributed by atoms with Crippen LogP contribution in [-0.2, 0) is 4.79 Å². The van der Waals surface area contributed by atoms with Gasteiger partial charge in [0.05, 0.1) is 5.69 Å². The van der Waals surface area contributed by atoms with Gasteiger partial charge in [-0.1, -0.05) is 15.9 Å². The van der Waals surface area contributed by atoms with Crippen LogP contribution >= 0.6 is 15.9 Å². The number of carbonyl (C=O) groups is 1. The van der Waals surface area contributed by atoms with Gasteiger partial charge in [-0.05, 0) is 18.6 Å². The molecule has 0 saturated heterocycles. The molecule has 0 radical (unpaired) electrons. The maximum atomic E-state index is 13.2. The predicted octanol–water partition coefficient (Wildman–Crippen LogP) is 3.00. The summed E-state index contributed by atoms with van der Waals surface area (Å²) in [4.78, 5) is 11.1. The van der Waals surface area contributed by atoms with E-state index in [1.807, 2.05) is 0 Å². The molecule has 2 nitrogen and oxygen atoms in total. The lowest BCUT2D eigenvalue weighted by Gasteiger charge is -2.06. The van der Waals surface area contributed by atoms with Gasteiger partial charge in [-0.25, -0.2) is 8.78 Å². The van der Waals surface area contributed by atoms with Gasteiger partial charge < -0.3 is 5.32 Å². The molecule has 0 aromatic heterocycles. The molecule has 82 valence electrons. The summed E-state index contributed by atoms with van der Waals surface area (Å²) in [5.41, 5.74) is 0.0926. The Morgan fingerprint density at radius 2 is 2.07 bits per heavy atom. The van der Waals surface area contributed by atoms with E-state index in [1.54, 1.807) is 0 Å². The number of nitrogens with one attached hydrogen (secondary N) is 1. The Bertz CT molecular complexity index is 382. The summed E-state index contributed by atoms with van der Waals surface area (Å²) in [5, 5.41) is 2.78. The normalized spacial score (nSPS) is 10.1. The second-order valence-electron chi connectivity index (χ2n) is 3.07. The van der Waals surface area contributed by atoms with E-state index >= 15 is 0 Å². The summed E-state index contributed by atoms with van der Waals surface area (Å²) < 4.78 is 26.3. The lowest BCUT2D eigenvalue weighted by atomic mass is 10.2. The Morgan fingerprint density at radius 1 is 1.40 bits per heavy atom. The zero-order chi connectivity index (χ0) is 11.4. The van der Waals surface area contributed by atoms with Crippen LogP contribution in [0, 0.1) is 18.6 Å². The van der Waals surface area contributed by atoms with Gasteiger partial charge in [-0.15, -0.1) is 0 Å². The third-order valence-corrected chi connectivity index (χ3v) is 2.24. The van der Waals surface area contributed by atoms with Crippen LogP contribution in [0.15, 0.2) is 12.1 Å². The smallest absolute Gasteiger partial charge is 0.225 e. The molecule has 0 atom stereocenters. The molecule has 1 aromatic carbocycles. The second kappa shape index (κ2) is 5.21. The number of hydrogen-bond acceptors (Lipinski definition) is 1. The molecule has 0 aliphatic rings. The highest BCUT2D eigenvalue weighted by molar-refractivity contribution is 9.09. The number of aryl methyl sites for hydroxylation is 1. The first-order valence-corrected chi connectivity index (χ1v) is 5.48. The molecule has 0 bridgehead atoms. The van der Waals surface area contributed by atoms with Crippen molar-refractivity contribution in [2.45, 2.75) is 13.3 Å². The van der Waals surface area contributed by atoms with E-state index in [2.05, 4.69) is 21.2 Å². The van der Waals surface area contributed by atoms with Crippen LogP contribution in [0.25, 0.3) is 0 Å². The van der Waals surface area contributed by atoms with E-state index in [0.29, 0.717) is 5.33 Å². The molecular formula is C10H10BrF2NO. The molecule has 0 aliphatic heterocycles. The molecular weight excluding hydrogens is 268 g/mol. The third-order valence-electron chi connectivity index (χ3n) is 1.84. The molecule has 5 heteroatoms. The molecule has 0 aliphatic carbocycles. The third kappa shape index (κ3) is 3.27. The van der Waals surface area contributed by atoms with Gasteiger partial charge in [0.1, 0.15) is 11.6 Å². The molecule has 0 fully saturated rings. The quantitative estimate of drug-likeness (QED) is 0.846. The fourth-order valence-electron chi connectivity index (χ4n) is 1.04. The summed E-state index contributed by atoms with van der Waals surface area (Å²) in [5.74, 6) is -1.52. The number of rotatable bonds is 3. The molecule has 1 aromatic rings. The molecule has 15 heavy (non-hydrogen) atoms. The fourth-order valence-corrected chi connectivity index (χ4v) is 1.40. The van der Waals surface area contributed by atoms with Gasteiger partial charge in [0.15, 0.2) is 0 Å². The van der Waals surface area contributed by atoms with Crippen LogP contribution in [0.2, 0.25) is 0 Å². The molecule has 0 spiro atoms. The number of halogens is 3. The fraction of sp³-hybridized carbons (Fsp3) is 0.300. The first-order valence-electron chi connectivity index (χ1n) is 4.36. The van der Waals surface area contributed by atoms with Crippen molar-refractivity contribution in [2.75, 3.05) is 10.6 Å². The molecule has 1 N–H and O–H groups in total. The van der Waals surface area contributed by atoms with Gasteiger partial charge in [0.25, 0.3) is 0 Å². The van der Waals surface area contributed by atoms with E-state index < -0.39 is 11.6 Å². The van der Waals surface area contributed by atoms with Crippen LogP contribution < -0.4 is 5.32 Å². The van der Waals surface area contributed by atoms with E-state index in [4.69, 9.17) is 0 Å². The summed E-state index contributed by atoms with van der Waals surface area (Å²) in [6.07, 6.45) is 0.217. The Hall–Kier alpha value is -0.970. The van der Waals surface area contributed by atoms with E-state index in [0.717, 1.165) is 12.1 Å². The van der Waals surface area contributed by atoms with Gasteiger partial charge >= 0.3 is 0 Å². The monoisotopic (exact) mass is 277 g/mol. The van der Waals surface area contributed by atoms with Crippen molar-refractivity contribution in [1.82, 2.24) is 0 Å². The van der Waals surface area contributed by atoms with Gasteiger partial charge in [0, 0.05) is 17.8 Å². The van der Waals surface area contributed by atoms with Crippen LogP contribution in [0.4, 0.5) is 14.5 Å². The molecule has 0 saturated carbocycles. The summed E-state index contributed by atoms with van der Waals surface area (Å²) >= 11 is 3.08. The van der Waals surface area contributed by atoms with E-state index in [9.17, 15) is 13.6 Å². The van der Waals surface area contributed by atoms with Gasteiger partial charge in [0.2, 0.25) is 5.91 Å². The average Bonchev–Trinajstić information content (AvgIpc) is 2.14. The molecule has 0 unspecified atom stereocenters. The number of amides is 1. The Morgan fingerprint density at radius 3 is 2.67 bits per heavy atom. The summed E-state index contributed by atoms with van der Waals surface area (Å²) in [7, 11) is 0. The van der Waals surface area contributed by atoms with Crippen molar-refractivity contribution in [3.05, 3.63) is 29.3 Å². The van der Waals surface area contributed by atoms with Crippen molar-refractivity contribution in [1.29, 1.82) is 0 Å².